The van der Waals surface area contributed by atoms with Crippen molar-refractivity contribution in [2.75, 3.05) is 39.3 Å². The SMILES string of the molecule is O=C(CCN1CCN(CC2CCCCC2)CC1)c1ccc2ccccc2c1. The van der Waals surface area contributed by atoms with Crippen LogP contribution >= 0.6 is 0 Å². The van der Waals surface area contributed by atoms with Gasteiger partial charge in [0.15, 0.2) is 5.78 Å². The van der Waals surface area contributed by atoms with Gasteiger partial charge >= 0.3 is 0 Å². The van der Waals surface area contributed by atoms with Gasteiger partial charge in [-0.15, -0.1) is 0 Å². The minimum atomic E-state index is 0.269. The molecule has 0 bridgehead atoms. The van der Waals surface area contributed by atoms with Crippen LogP contribution in [0.3, 0.4) is 0 Å². The molecule has 2 fully saturated rings. The fourth-order valence-corrected chi connectivity index (χ4v) is 4.70. The minimum Gasteiger partial charge on any atom is -0.301 e. The van der Waals surface area contributed by atoms with Crippen LogP contribution < -0.4 is 0 Å². The summed E-state index contributed by atoms with van der Waals surface area (Å²) in [5.74, 6) is 1.20. The molecule has 3 nitrogen and oxygen atoms in total. The molecule has 1 heterocycles. The van der Waals surface area contributed by atoms with E-state index in [-0.39, 0.29) is 5.78 Å². The molecule has 0 unspecified atom stereocenters. The first kappa shape index (κ1) is 18.6. The average Bonchev–Trinajstić information content (AvgIpc) is 2.73. The molecule has 27 heavy (non-hydrogen) atoms. The second-order valence-electron chi connectivity index (χ2n) is 8.38. The first-order valence-electron chi connectivity index (χ1n) is 10.7. The van der Waals surface area contributed by atoms with E-state index in [4.69, 9.17) is 0 Å². The van der Waals surface area contributed by atoms with Crippen molar-refractivity contribution in [1.29, 1.82) is 0 Å². The maximum absolute atomic E-state index is 12.6. The lowest BCUT2D eigenvalue weighted by molar-refractivity contribution is 0.0898. The summed E-state index contributed by atoms with van der Waals surface area (Å²) in [7, 11) is 0. The molecule has 1 saturated carbocycles. The minimum absolute atomic E-state index is 0.269. The second-order valence-corrected chi connectivity index (χ2v) is 8.38. The Balaban J connectivity index is 1.22. The fraction of sp³-hybridized carbons (Fsp3) is 0.542. The fourth-order valence-electron chi connectivity index (χ4n) is 4.70. The Hall–Kier alpha value is -1.71. The Morgan fingerprint density at radius 1 is 0.852 bits per heavy atom. The molecule has 0 atom stereocenters. The third-order valence-corrected chi connectivity index (χ3v) is 6.43. The normalized spacial score (nSPS) is 20.1. The second kappa shape index (κ2) is 8.99. The van der Waals surface area contributed by atoms with Gasteiger partial charge < -0.3 is 9.80 Å². The van der Waals surface area contributed by atoms with Gasteiger partial charge in [-0.3, -0.25) is 4.79 Å². The molecule has 4 rings (SSSR count). The Kier molecular flexibility index (Phi) is 6.21. The number of carbonyl (C=O) groups is 1. The molecule has 1 aliphatic carbocycles. The Morgan fingerprint density at radius 3 is 2.33 bits per heavy atom. The molecule has 3 heteroatoms. The van der Waals surface area contributed by atoms with Crippen LogP contribution in [0.15, 0.2) is 42.5 Å². The van der Waals surface area contributed by atoms with E-state index in [0.717, 1.165) is 36.5 Å². The lowest BCUT2D eigenvalue weighted by Gasteiger charge is -2.37. The maximum atomic E-state index is 12.6. The van der Waals surface area contributed by atoms with Crippen molar-refractivity contribution in [2.45, 2.75) is 38.5 Å². The zero-order valence-corrected chi connectivity index (χ0v) is 16.4. The molecule has 0 N–H and O–H groups in total. The zero-order valence-electron chi connectivity index (χ0n) is 16.4. The number of nitrogens with zero attached hydrogens (tertiary/aromatic N) is 2. The summed E-state index contributed by atoms with van der Waals surface area (Å²) in [6, 6.07) is 14.3. The van der Waals surface area contributed by atoms with Crippen molar-refractivity contribution in [1.82, 2.24) is 9.80 Å². The van der Waals surface area contributed by atoms with E-state index in [1.165, 1.54) is 57.1 Å². The largest absolute Gasteiger partial charge is 0.301 e. The average molecular weight is 365 g/mol. The molecule has 2 aromatic rings. The Bertz CT molecular complexity index is 758. The number of Topliss-reactive ketones (excluding diaryl/α,β-unsaturated/α-hetero) is 1. The standard InChI is InChI=1S/C24H32N2O/c27-24(23-11-10-21-8-4-5-9-22(21)18-23)12-13-25-14-16-26(17-15-25)19-20-6-2-1-3-7-20/h4-5,8-11,18,20H,1-3,6-7,12-17,19H2. The topological polar surface area (TPSA) is 23.6 Å². The van der Waals surface area contributed by atoms with Crippen LogP contribution in [0.25, 0.3) is 10.8 Å². The predicted octanol–water partition coefficient (Wildman–Crippen LogP) is 4.61. The first-order valence-corrected chi connectivity index (χ1v) is 10.7. The quantitative estimate of drug-likeness (QED) is 0.699. The number of rotatable bonds is 6. The number of ketones is 1. The molecule has 0 spiro atoms. The molecule has 2 aromatic carbocycles. The molecule has 144 valence electrons. The smallest absolute Gasteiger partial charge is 0.164 e. The van der Waals surface area contributed by atoms with Crippen LogP contribution in [-0.2, 0) is 0 Å². The monoisotopic (exact) mass is 364 g/mol. The number of carbonyl (C=O) groups excluding carboxylic acids is 1. The van der Waals surface area contributed by atoms with Crippen LogP contribution in [0, 0.1) is 5.92 Å². The van der Waals surface area contributed by atoms with Crippen molar-refractivity contribution in [3.8, 4) is 0 Å². The highest BCUT2D eigenvalue weighted by Crippen LogP contribution is 2.24. The highest BCUT2D eigenvalue weighted by molar-refractivity contribution is 6.00. The van der Waals surface area contributed by atoms with E-state index >= 15 is 0 Å². The van der Waals surface area contributed by atoms with Gasteiger partial charge in [0.25, 0.3) is 0 Å². The number of hydrogen-bond acceptors (Lipinski definition) is 3. The molecular formula is C24H32N2O. The van der Waals surface area contributed by atoms with Crippen LogP contribution in [0.1, 0.15) is 48.9 Å². The van der Waals surface area contributed by atoms with Gasteiger partial charge in [0.1, 0.15) is 0 Å². The predicted molar refractivity (Wildman–Crippen MR) is 112 cm³/mol. The van der Waals surface area contributed by atoms with Gasteiger partial charge in [0.05, 0.1) is 0 Å². The number of benzene rings is 2. The zero-order chi connectivity index (χ0) is 18.5. The summed E-state index contributed by atoms with van der Waals surface area (Å²) >= 11 is 0. The first-order chi connectivity index (χ1) is 13.3. The number of piperazine rings is 1. The van der Waals surface area contributed by atoms with E-state index < -0.39 is 0 Å². The Morgan fingerprint density at radius 2 is 1.56 bits per heavy atom. The highest BCUT2D eigenvalue weighted by Gasteiger charge is 2.21. The third kappa shape index (κ3) is 4.97. The van der Waals surface area contributed by atoms with E-state index in [1.54, 1.807) is 0 Å². The number of fused-ring (bicyclic) bond motifs is 1. The van der Waals surface area contributed by atoms with Gasteiger partial charge in [-0.05, 0) is 35.6 Å². The van der Waals surface area contributed by atoms with Crippen molar-refractivity contribution in [2.24, 2.45) is 5.92 Å². The van der Waals surface area contributed by atoms with Gasteiger partial charge in [0.2, 0.25) is 0 Å². The lowest BCUT2D eigenvalue weighted by Crippen LogP contribution is -2.48. The summed E-state index contributed by atoms with van der Waals surface area (Å²) in [6.07, 6.45) is 7.79. The molecule has 1 aliphatic heterocycles. The van der Waals surface area contributed by atoms with Crippen LogP contribution in [-0.4, -0.2) is 54.9 Å². The lowest BCUT2D eigenvalue weighted by atomic mass is 9.89. The summed E-state index contributed by atoms with van der Waals surface area (Å²) in [5, 5.41) is 2.35. The van der Waals surface area contributed by atoms with E-state index in [9.17, 15) is 4.79 Å². The molecule has 0 aromatic heterocycles. The summed E-state index contributed by atoms with van der Waals surface area (Å²) in [5.41, 5.74) is 0.852. The van der Waals surface area contributed by atoms with Crippen molar-refractivity contribution < 1.29 is 4.79 Å². The summed E-state index contributed by atoms with van der Waals surface area (Å²) in [4.78, 5) is 17.7. The highest BCUT2D eigenvalue weighted by atomic mass is 16.1. The van der Waals surface area contributed by atoms with Crippen LogP contribution in [0.2, 0.25) is 0 Å². The Labute approximate surface area is 163 Å². The van der Waals surface area contributed by atoms with E-state index in [2.05, 4.69) is 28.0 Å². The van der Waals surface area contributed by atoms with E-state index in [1.807, 2.05) is 24.3 Å². The maximum Gasteiger partial charge on any atom is 0.164 e. The third-order valence-electron chi connectivity index (χ3n) is 6.43. The molecular weight excluding hydrogens is 332 g/mol. The van der Waals surface area contributed by atoms with Crippen molar-refractivity contribution >= 4 is 16.6 Å². The van der Waals surface area contributed by atoms with Gasteiger partial charge in [-0.25, -0.2) is 0 Å². The van der Waals surface area contributed by atoms with Gasteiger partial charge in [-0.1, -0.05) is 55.7 Å². The van der Waals surface area contributed by atoms with E-state index in [0.29, 0.717) is 6.42 Å². The summed E-state index contributed by atoms with van der Waals surface area (Å²) in [6.45, 7) is 6.74. The summed E-state index contributed by atoms with van der Waals surface area (Å²) < 4.78 is 0. The van der Waals surface area contributed by atoms with Crippen LogP contribution in [0.4, 0.5) is 0 Å². The van der Waals surface area contributed by atoms with Crippen molar-refractivity contribution in [3.63, 3.8) is 0 Å². The molecule has 2 aliphatic rings. The van der Waals surface area contributed by atoms with Crippen LogP contribution in [0.5, 0.6) is 0 Å². The molecule has 0 radical (unpaired) electrons. The molecule has 0 amide bonds. The van der Waals surface area contributed by atoms with Gasteiger partial charge in [-0.2, -0.15) is 0 Å². The van der Waals surface area contributed by atoms with Crippen molar-refractivity contribution in [3.05, 3.63) is 48.0 Å². The number of hydrogen-bond donors (Lipinski definition) is 0. The van der Waals surface area contributed by atoms with Gasteiger partial charge in [0, 0.05) is 51.3 Å². The molecule has 1 saturated heterocycles.